The van der Waals surface area contributed by atoms with Crippen LogP contribution in [0.25, 0.3) is 87.2 Å². The van der Waals surface area contributed by atoms with Crippen molar-refractivity contribution in [1.82, 2.24) is 0 Å². The minimum absolute atomic E-state index is 1.19. The molecule has 53 heavy (non-hydrogen) atoms. The molecule has 0 heteroatoms. The lowest BCUT2D eigenvalue weighted by Crippen LogP contribution is -1.90. The fraction of sp³-hybridized carbons (Fsp3) is 0.0943. The number of hydrogen-bond acceptors (Lipinski definition) is 0. The van der Waals surface area contributed by atoms with Gasteiger partial charge in [-0.2, -0.15) is 0 Å². The molecular weight excluding hydrogens is 637 g/mol. The largest absolute Gasteiger partial charge is 0.0654 e. The van der Waals surface area contributed by atoms with Crippen LogP contribution >= 0.6 is 0 Å². The van der Waals surface area contributed by atoms with Crippen molar-refractivity contribution in [3.05, 3.63) is 194 Å². The molecule has 0 bridgehead atoms. The molecule has 0 radical (unpaired) electrons. The summed E-state index contributed by atoms with van der Waals surface area (Å²) in [5, 5.41) is 12.7. The third-order valence-electron chi connectivity index (χ3n) is 10.5. The SMILES string of the molecule is CCCC.Cc1cccccc(-c2ccc(-c3cccc4ccccc34)cc2)c2ccccc2c1-c1cc2ccc3ccccc3c2c2ccccc12. The average molecular weight is 681 g/mol. The molecule has 0 fully saturated rings. The van der Waals surface area contributed by atoms with Gasteiger partial charge in [-0.3, -0.25) is 0 Å². The Morgan fingerprint density at radius 3 is 1.45 bits per heavy atom. The zero-order valence-electron chi connectivity index (χ0n) is 30.8. The molecule has 0 aromatic heterocycles. The highest BCUT2D eigenvalue weighted by Gasteiger charge is 2.15. The second kappa shape index (κ2) is 15.2. The molecule has 0 unspecified atom stereocenters. The number of benzene rings is 8. The van der Waals surface area contributed by atoms with E-state index in [-0.39, 0.29) is 0 Å². The Kier molecular flexibility index (Phi) is 9.69. The quantitative estimate of drug-likeness (QED) is 0.162. The third-order valence-corrected chi connectivity index (χ3v) is 10.5. The van der Waals surface area contributed by atoms with Gasteiger partial charge in [0, 0.05) is 0 Å². The minimum atomic E-state index is 1.19. The predicted octanol–water partition coefficient (Wildman–Crippen LogP) is 15.7. The van der Waals surface area contributed by atoms with Crippen LogP contribution in [-0.2, 0) is 0 Å². The standard InChI is InChI=1S/C49H34.C4H10/c1-33-14-3-2-4-18-41(37-28-26-36(27-29-37)40-25-13-17-34-15-5-7-19-39(34)40)43-21-9-11-23-45(43)48(33)47-32-38-31-30-35-16-6-8-20-42(35)49(38)46-24-12-10-22-44(46)47;1-3-4-2/h2-32H,1H3;3-4H2,1-2H3. The van der Waals surface area contributed by atoms with Crippen molar-refractivity contribution < 1.29 is 0 Å². The average Bonchev–Trinajstić information content (AvgIpc) is 3.22. The first-order chi connectivity index (χ1) is 26.2. The van der Waals surface area contributed by atoms with E-state index in [1.165, 1.54) is 106 Å². The Hall–Kier alpha value is -6.24. The summed E-state index contributed by atoms with van der Waals surface area (Å²) in [4.78, 5) is 0. The second-order valence-electron chi connectivity index (χ2n) is 13.9. The topological polar surface area (TPSA) is 0 Å². The number of unbranched alkanes of at least 4 members (excludes halogenated alkanes) is 1. The van der Waals surface area contributed by atoms with E-state index in [2.05, 4.69) is 209 Å². The fourth-order valence-corrected chi connectivity index (χ4v) is 7.74. The van der Waals surface area contributed by atoms with E-state index in [9.17, 15) is 0 Å². The monoisotopic (exact) mass is 680 g/mol. The van der Waals surface area contributed by atoms with Crippen molar-refractivity contribution in [3.63, 3.8) is 0 Å². The van der Waals surface area contributed by atoms with Gasteiger partial charge < -0.3 is 0 Å². The lowest BCUT2D eigenvalue weighted by molar-refractivity contribution is 0.886. The maximum absolute atomic E-state index is 2.41. The van der Waals surface area contributed by atoms with Crippen molar-refractivity contribution in [2.75, 3.05) is 0 Å². The summed E-state index contributed by atoms with van der Waals surface area (Å²) in [5.41, 5.74) is 8.61. The van der Waals surface area contributed by atoms with Crippen LogP contribution in [-0.4, -0.2) is 0 Å². The first-order valence-electron chi connectivity index (χ1n) is 18.9. The first kappa shape index (κ1) is 33.9. The van der Waals surface area contributed by atoms with Gasteiger partial charge in [-0.1, -0.05) is 209 Å². The molecule has 0 nitrogen and oxygen atoms in total. The molecule has 0 saturated heterocycles. The molecule has 9 aromatic carbocycles. The summed E-state index contributed by atoms with van der Waals surface area (Å²) in [5.74, 6) is 0. The molecule has 9 rings (SSSR count). The number of aryl methyl sites for hydroxylation is 1. The Balaban J connectivity index is 0.000000954. The van der Waals surface area contributed by atoms with Crippen LogP contribution in [0, 0.1) is 6.92 Å². The van der Waals surface area contributed by atoms with E-state index in [4.69, 9.17) is 0 Å². The molecule has 0 heterocycles. The van der Waals surface area contributed by atoms with Gasteiger partial charge in [-0.05, 0) is 106 Å². The summed E-state index contributed by atoms with van der Waals surface area (Å²) in [6.45, 7) is 6.61. The molecule has 0 N–H and O–H groups in total. The smallest absolute Gasteiger partial charge is 0.00264 e. The van der Waals surface area contributed by atoms with Crippen LogP contribution in [0.5, 0.6) is 0 Å². The maximum Gasteiger partial charge on any atom is -0.00264 e. The Labute approximate surface area is 313 Å². The van der Waals surface area contributed by atoms with Gasteiger partial charge in [0.1, 0.15) is 0 Å². The normalized spacial score (nSPS) is 11.1. The zero-order valence-corrected chi connectivity index (χ0v) is 30.8. The van der Waals surface area contributed by atoms with Gasteiger partial charge in [0.2, 0.25) is 0 Å². The van der Waals surface area contributed by atoms with Gasteiger partial charge in [0.15, 0.2) is 0 Å². The van der Waals surface area contributed by atoms with Gasteiger partial charge in [0.05, 0.1) is 0 Å². The van der Waals surface area contributed by atoms with Gasteiger partial charge in [0.25, 0.3) is 0 Å². The van der Waals surface area contributed by atoms with E-state index >= 15 is 0 Å². The van der Waals surface area contributed by atoms with Crippen LogP contribution in [0.4, 0.5) is 0 Å². The highest BCUT2D eigenvalue weighted by molar-refractivity contribution is 6.24. The van der Waals surface area contributed by atoms with Crippen molar-refractivity contribution in [1.29, 1.82) is 0 Å². The number of fused-ring (bicyclic) bond motifs is 7. The van der Waals surface area contributed by atoms with Crippen LogP contribution in [0.1, 0.15) is 32.3 Å². The second-order valence-corrected chi connectivity index (χ2v) is 13.9. The molecule has 0 aliphatic heterocycles. The zero-order chi connectivity index (χ0) is 36.1. The maximum atomic E-state index is 2.41. The number of rotatable bonds is 4. The highest BCUT2D eigenvalue weighted by atomic mass is 14.2. The summed E-state index contributed by atoms with van der Waals surface area (Å²) in [6, 6.07) is 68.8. The Bertz CT molecular complexity index is 2800. The Morgan fingerprint density at radius 2 is 0.774 bits per heavy atom. The van der Waals surface area contributed by atoms with Crippen molar-refractivity contribution in [3.8, 4) is 33.4 Å². The number of hydrogen-bond donors (Lipinski definition) is 0. The molecule has 0 saturated carbocycles. The van der Waals surface area contributed by atoms with E-state index in [1.807, 2.05) is 0 Å². The lowest BCUT2D eigenvalue weighted by atomic mass is 9.87. The molecule has 0 aliphatic carbocycles. The minimum Gasteiger partial charge on any atom is -0.0654 e. The fourth-order valence-electron chi connectivity index (χ4n) is 7.74. The van der Waals surface area contributed by atoms with Gasteiger partial charge in [-0.15, -0.1) is 0 Å². The summed E-state index contributed by atoms with van der Waals surface area (Å²) >= 11 is 0. The van der Waals surface area contributed by atoms with Crippen molar-refractivity contribution in [2.24, 2.45) is 0 Å². The summed E-state index contributed by atoms with van der Waals surface area (Å²) < 4.78 is 0. The van der Waals surface area contributed by atoms with E-state index in [0.29, 0.717) is 0 Å². The highest BCUT2D eigenvalue weighted by Crippen LogP contribution is 2.42. The van der Waals surface area contributed by atoms with Crippen molar-refractivity contribution in [2.45, 2.75) is 33.6 Å². The molecule has 0 atom stereocenters. The van der Waals surface area contributed by atoms with Gasteiger partial charge >= 0.3 is 0 Å². The summed E-state index contributed by atoms with van der Waals surface area (Å²) in [6.07, 6.45) is 2.64. The molecule has 0 amide bonds. The van der Waals surface area contributed by atoms with E-state index in [1.54, 1.807) is 0 Å². The van der Waals surface area contributed by atoms with Crippen LogP contribution in [0.15, 0.2) is 188 Å². The molecular formula is C53H44. The lowest BCUT2D eigenvalue weighted by Gasteiger charge is -2.16. The molecule has 0 spiro atoms. The van der Waals surface area contributed by atoms with Crippen LogP contribution in [0.2, 0.25) is 0 Å². The molecule has 256 valence electrons. The third kappa shape index (κ3) is 6.54. The predicted molar refractivity (Wildman–Crippen MR) is 233 cm³/mol. The van der Waals surface area contributed by atoms with Crippen LogP contribution < -0.4 is 0 Å². The van der Waals surface area contributed by atoms with E-state index in [0.717, 1.165) is 0 Å². The van der Waals surface area contributed by atoms with E-state index < -0.39 is 0 Å². The van der Waals surface area contributed by atoms with Crippen LogP contribution in [0.3, 0.4) is 0 Å². The van der Waals surface area contributed by atoms with Crippen molar-refractivity contribution >= 4 is 53.9 Å². The molecule has 9 aromatic rings. The van der Waals surface area contributed by atoms with Gasteiger partial charge in [-0.25, -0.2) is 0 Å². The Morgan fingerprint density at radius 1 is 0.321 bits per heavy atom. The molecule has 0 aliphatic rings. The first-order valence-corrected chi connectivity index (χ1v) is 18.9. The summed E-state index contributed by atoms with van der Waals surface area (Å²) in [7, 11) is 0.